The van der Waals surface area contributed by atoms with E-state index < -0.39 is 26.0 Å². The number of hydrogen-bond acceptors (Lipinski definition) is 6. The number of amides is 1. The minimum atomic E-state index is -3.69. The van der Waals surface area contributed by atoms with E-state index in [1.165, 1.54) is 0 Å². The molecule has 4 rings (SSSR count). The van der Waals surface area contributed by atoms with Crippen LogP contribution in [0, 0.1) is 0 Å². The first kappa shape index (κ1) is 27.3. The van der Waals surface area contributed by atoms with Crippen molar-refractivity contribution in [3.05, 3.63) is 83.7 Å². The minimum Gasteiger partial charge on any atom is -0.323 e. The number of sulfonamides is 2. The number of hydrogen-bond donors (Lipinski definition) is 2. The first-order valence-corrected chi connectivity index (χ1v) is 15.9. The van der Waals surface area contributed by atoms with E-state index in [-0.39, 0.29) is 5.56 Å². The van der Waals surface area contributed by atoms with Crippen LogP contribution in [0.25, 0.3) is 22.2 Å². The highest BCUT2D eigenvalue weighted by atomic mass is 32.2. The third-order valence-corrected chi connectivity index (χ3v) is 7.10. The Balaban J connectivity index is 1.65. The topological polar surface area (TPSA) is 127 Å². The second-order valence-corrected chi connectivity index (χ2v) is 12.7. The normalized spacial score (nSPS) is 12.0. The van der Waals surface area contributed by atoms with Gasteiger partial charge in [0.1, 0.15) is 5.82 Å². The Kier molecular flexibility index (Phi) is 7.89. The van der Waals surface area contributed by atoms with E-state index in [0.717, 1.165) is 54.2 Å². The molecule has 3 aromatic carbocycles. The van der Waals surface area contributed by atoms with Gasteiger partial charge in [0.05, 0.1) is 29.2 Å². The predicted molar refractivity (Wildman–Crippen MR) is 150 cm³/mol. The first-order valence-electron chi connectivity index (χ1n) is 12.1. The van der Waals surface area contributed by atoms with Crippen LogP contribution in [0.3, 0.4) is 0 Å². The summed E-state index contributed by atoms with van der Waals surface area (Å²) in [6.07, 6.45) is 4.84. The molecule has 0 atom stereocenters. The highest BCUT2D eigenvalue weighted by Crippen LogP contribution is 2.27. The molecule has 0 fully saturated rings. The quantitative estimate of drug-likeness (QED) is 0.303. The van der Waals surface area contributed by atoms with Gasteiger partial charge in [-0.2, -0.15) is 0 Å². The standard InChI is InChI=1S/C27H30N4O5S2/c1-4-5-10-26-28-24-17-21(29-37(2,33)34)15-16-25(24)31(26)18-19-11-13-20(14-12-19)22-8-6-7-9-23(22)27(32)30-38(3,35)36/h6-9,11-17,29H,4-5,10,18H2,1-3H3,(H,30,32). The van der Waals surface area contributed by atoms with Crippen molar-refractivity contribution < 1.29 is 21.6 Å². The van der Waals surface area contributed by atoms with Gasteiger partial charge in [0.25, 0.3) is 5.91 Å². The average molecular weight is 555 g/mol. The number of aryl methyl sites for hydroxylation is 1. The molecule has 38 heavy (non-hydrogen) atoms. The van der Waals surface area contributed by atoms with Gasteiger partial charge in [-0.1, -0.05) is 55.8 Å². The number of benzene rings is 3. The van der Waals surface area contributed by atoms with Gasteiger partial charge in [0, 0.05) is 18.5 Å². The van der Waals surface area contributed by atoms with Crippen molar-refractivity contribution in [2.75, 3.05) is 17.2 Å². The summed E-state index contributed by atoms with van der Waals surface area (Å²) in [5.74, 6) is 0.243. The lowest BCUT2D eigenvalue weighted by atomic mass is 9.98. The van der Waals surface area contributed by atoms with E-state index in [2.05, 4.69) is 16.2 Å². The summed E-state index contributed by atoms with van der Waals surface area (Å²) in [6.45, 7) is 2.68. The number of rotatable bonds is 10. The Bertz CT molecular complexity index is 1690. The van der Waals surface area contributed by atoms with Crippen molar-refractivity contribution in [2.45, 2.75) is 32.7 Å². The molecular formula is C27H30N4O5S2. The molecule has 4 aromatic rings. The van der Waals surface area contributed by atoms with Crippen molar-refractivity contribution in [2.24, 2.45) is 0 Å². The van der Waals surface area contributed by atoms with Crippen LogP contribution in [0.2, 0.25) is 0 Å². The maximum absolute atomic E-state index is 12.5. The summed E-state index contributed by atoms with van der Waals surface area (Å²) < 4.78 is 53.1. The summed E-state index contributed by atoms with van der Waals surface area (Å²) in [4.78, 5) is 17.3. The lowest BCUT2D eigenvalue weighted by molar-refractivity contribution is 0.0982. The summed E-state index contributed by atoms with van der Waals surface area (Å²) in [5.41, 5.74) is 4.78. The summed E-state index contributed by atoms with van der Waals surface area (Å²) in [6, 6.07) is 19.9. The van der Waals surface area contributed by atoms with Crippen LogP contribution in [0.4, 0.5) is 5.69 Å². The number of nitrogens with one attached hydrogen (secondary N) is 2. The Morgan fingerprint density at radius 3 is 2.29 bits per heavy atom. The van der Waals surface area contributed by atoms with Gasteiger partial charge in [0.15, 0.2) is 0 Å². The van der Waals surface area contributed by atoms with Gasteiger partial charge in [-0.05, 0) is 47.4 Å². The maximum atomic E-state index is 12.5. The molecule has 11 heteroatoms. The zero-order valence-corrected chi connectivity index (χ0v) is 23.1. The number of nitrogens with zero attached hydrogens (tertiary/aromatic N) is 2. The number of anilines is 1. The van der Waals surface area contributed by atoms with Crippen LogP contribution < -0.4 is 9.44 Å². The zero-order valence-electron chi connectivity index (χ0n) is 21.4. The SMILES string of the molecule is CCCCc1nc2cc(NS(C)(=O)=O)ccc2n1Cc1ccc(-c2ccccc2C(=O)NS(C)(=O)=O)cc1. The lowest BCUT2D eigenvalue weighted by Crippen LogP contribution is -2.29. The van der Waals surface area contributed by atoms with Crippen LogP contribution in [0.1, 0.15) is 41.5 Å². The number of carbonyl (C=O) groups excluding carboxylic acids is 1. The van der Waals surface area contributed by atoms with E-state index in [1.54, 1.807) is 36.4 Å². The number of unbranched alkanes of at least 4 members (excludes halogenated alkanes) is 1. The summed E-state index contributed by atoms with van der Waals surface area (Å²) in [5, 5.41) is 0. The van der Waals surface area contributed by atoms with Crippen molar-refractivity contribution >= 4 is 42.7 Å². The lowest BCUT2D eigenvalue weighted by Gasteiger charge is -2.12. The Morgan fingerprint density at radius 2 is 1.63 bits per heavy atom. The average Bonchev–Trinajstić information content (AvgIpc) is 3.17. The Labute approximate surface area is 223 Å². The largest absolute Gasteiger partial charge is 0.323 e. The van der Waals surface area contributed by atoms with Gasteiger partial charge in [0.2, 0.25) is 20.0 Å². The van der Waals surface area contributed by atoms with Gasteiger partial charge >= 0.3 is 0 Å². The van der Waals surface area contributed by atoms with Crippen LogP contribution in [-0.4, -0.2) is 44.8 Å². The number of aromatic nitrogens is 2. The molecule has 2 N–H and O–H groups in total. The molecule has 0 aliphatic rings. The Hall–Kier alpha value is -3.70. The molecule has 1 heterocycles. The molecule has 0 bridgehead atoms. The van der Waals surface area contributed by atoms with E-state index in [9.17, 15) is 21.6 Å². The van der Waals surface area contributed by atoms with E-state index >= 15 is 0 Å². The fourth-order valence-corrected chi connectivity index (χ4v) is 5.29. The molecule has 0 saturated heterocycles. The monoisotopic (exact) mass is 554 g/mol. The number of imidazole rings is 1. The maximum Gasteiger partial charge on any atom is 0.265 e. The van der Waals surface area contributed by atoms with Crippen molar-refractivity contribution in [3.63, 3.8) is 0 Å². The molecule has 9 nitrogen and oxygen atoms in total. The van der Waals surface area contributed by atoms with Gasteiger partial charge in [-0.3, -0.25) is 9.52 Å². The third kappa shape index (κ3) is 6.78. The molecule has 0 aliphatic heterocycles. The van der Waals surface area contributed by atoms with Crippen molar-refractivity contribution in [3.8, 4) is 11.1 Å². The zero-order chi connectivity index (χ0) is 27.5. The van der Waals surface area contributed by atoms with E-state index in [1.807, 2.05) is 35.1 Å². The molecule has 0 saturated carbocycles. The molecule has 0 unspecified atom stereocenters. The van der Waals surface area contributed by atoms with E-state index in [0.29, 0.717) is 23.3 Å². The predicted octanol–water partition coefficient (Wildman–Crippen LogP) is 4.16. The van der Waals surface area contributed by atoms with Crippen molar-refractivity contribution in [1.82, 2.24) is 14.3 Å². The molecular weight excluding hydrogens is 524 g/mol. The van der Waals surface area contributed by atoms with Gasteiger partial charge in [-0.25, -0.2) is 26.5 Å². The first-order chi connectivity index (χ1) is 17.9. The van der Waals surface area contributed by atoms with Crippen LogP contribution in [0.5, 0.6) is 0 Å². The van der Waals surface area contributed by atoms with Crippen LogP contribution in [-0.2, 0) is 33.0 Å². The van der Waals surface area contributed by atoms with Crippen molar-refractivity contribution in [1.29, 1.82) is 0 Å². The fourth-order valence-electron chi connectivity index (χ4n) is 4.29. The molecule has 200 valence electrons. The number of fused-ring (bicyclic) bond motifs is 1. The van der Waals surface area contributed by atoms with E-state index in [4.69, 9.17) is 4.98 Å². The molecule has 0 radical (unpaired) electrons. The summed E-state index contributed by atoms with van der Waals surface area (Å²) >= 11 is 0. The molecule has 0 spiro atoms. The van der Waals surface area contributed by atoms with Gasteiger partial charge in [-0.15, -0.1) is 0 Å². The van der Waals surface area contributed by atoms with Crippen LogP contribution >= 0.6 is 0 Å². The minimum absolute atomic E-state index is 0.270. The van der Waals surface area contributed by atoms with Gasteiger partial charge < -0.3 is 4.57 Å². The molecule has 1 aromatic heterocycles. The third-order valence-electron chi connectivity index (χ3n) is 5.94. The second kappa shape index (κ2) is 11.0. The molecule has 0 aliphatic carbocycles. The fraction of sp³-hybridized carbons (Fsp3) is 0.259. The summed E-state index contributed by atoms with van der Waals surface area (Å²) in [7, 11) is -7.08. The highest BCUT2D eigenvalue weighted by Gasteiger charge is 2.17. The smallest absolute Gasteiger partial charge is 0.265 e. The Morgan fingerprint density at radius 1 is 0.921 bits per heavy atom. The molecule has 1 amide bonds. The highest BCUT2D eigenvalue weighted by molar-refractivity contribution is 7.92. The van der Waals surface area contributed by atoms with Crippen LogP contribution in [0.15, 0.2) is 66.7 Å². The second-order valence-electron chi connectivity index (χ2n) is 9.24. The number of carbonyl (C=O) groups is 1.